The van der Waals surface area contributed by atoms with Crippen LogP contribution in [0.4, 0.5) is 10.1 Å². The molecule has 5 nitrogen and oxygen atoms in total. The fourth-order valence-electron chi connectivity index (χ4n) is 3.71. The van der Waals surface area contributed by atoms with E-state index in [9.17, 15) is 14.0 Å². The molecule has 3 heterocycles. The number of rotatable bonds is 2. The van der Waals surface area contributed by atoms with Crippen LogP contribution in [0.1, 0.15) is 35.8 Å². The van der Waals surface area contributed by atoms with Crippen LogP contribution in [-0.4, -0.2) is 34.8 Å². The van der Waals surface area contributed by atoms with Crippen molar-refractivity contribution < 1.29 is 14.0 Å². The van der Waals surface area contributed by atoms with Crippen LogP contribution in [0.2, 0.25) is 0 Å². The Bertz CT molecular complexity index is 822. The Morgan fingerprint density at radius 1 is 1.24 bits per heavy atom. The largest absolute Gasteiger partial charge is 0.342 e. The number of nitrogens with zero attached hydrogens (tertiary/aromatic N) is 2. The SMILES string of the molecule is O=C1CC(C(=O)N2CCC(c3ccc(F)nc3)C2)c2ccccc2N1. The summed E-state index contributed by atoms with van der Waals surface area (Å²) in [5, 5.41) is 2.82. The van der Waals surface area contributed by atoms with E-state index < -0.39 is 11.9 Å². The van der Waals surface area contributed by atoms with E-state index in [1.54, 1.807) is 6.07 Å². The zero-order valence-electron chi connectivity index (χ0n) is 13.6. The zero-order chi connectivity index (χ0) is 17.4. The standard InChI is InChI=1S/C19H18FN3O2/c20-17-6-5-12(10-21-17)13-7-8-23(11-13)19(25)15-9-18(24)22-16-4-2-1-3-14(15)16/h1-6,10,13,15H,7-9,11H2,(H,22,24). The zero-order valence-corrected chi connectivity index (χ0v) is 13.6. The first-order valence-electron chi connectivity index (χ1n) is 8.41. The highest BCUT2D eigenvalue weighted by Crippen LogP contribution is 2.35. The average molecular weight is 339 g/mol. The highest BCUT2D eigenvalue weighted by Gasteiger charge is 2.36. The Hall–Kier alpha value is -2.76. The minimum atomic E-state index is -0.500. The summed E-state index contributed by atoms with van der Waals surface area (Å²) in [5.41, 5.74) is 2.54. The third-order valence-electron chi connectivity index (χ3n) is 5.02. The van der Waals surface area contributed by atoms with E-state index in [0.717, 1.165) is 23.2 Å². The molecule has 0 bridgehead atoms. The van der Waals surface area contributed by atoms with Gasteiger partial charge in [0.25, 0.3) is 0 Å². The van der Waals surface area contributed by atoms with Gasteiger partial charge in [-0.1, -0.05) is 24.3 Å². The van der Waals surface area contributed by atoms with Crippen molar-refractivity contribution in [2.75, 3.05) is 18.4 Å². The highest BCUT2D eigenvalue weighted by atomic mass is 19.1. The lowest BCUT2D eigenvalue weighted by Gasteiger charge is -2.28. The number of fused-ring (bicyclic) bond motifs is 1. The van der Waals surface area contributed by atoms with Gasteiger partial charge in [0.2, 0.25) is 17.8 Å². The van der Waals surface area contributed by atoms with E-state index in [1.165, 1.54) is 12.3 Å². The molecule has 1 aromatic carbocycles. The van der Waals surface area contributed by atoms with Crippen molar-refractivity contribution in [2.24, 2.45) is 0 Å². The van der Waals surface area contributed by atoms with Crippen LogP contribution < -0.4 is 5.32 Å². The topological polar surface area (TPSA) is 62.3 Å². The summed E-state index contributed by atoms with van der Waals surface area (Å²) in [4.78, 5) is 30.5. The quantitative estimate of drug-likeness (QED) is 0.856. The second-order valence-corrected chi connectivity index (χ2v) is 6.58. The fraction of sp³-hybridized carbons (Fsp3) is 0.316. The average Bonchev–Trinajstić information content (AvgIpc) is 3.11. The number of hydrogen-bond acceptors (Lipinski definition) is 3. The first kappa shape index (κ1) is 15.7. The molecule has 2 aliphatic rings. The third kappa shape index (κ3) is 2.99. The van der Waals surface area contributed by atoms with E-state index >= 15 is 0 Å². The molecule has 25 heavy (non-hydrogen) atoms. The van der Waals surface area contributed by atoms with Crippen LogP contribution in [-0.2, 0) is 9.59 Å². The van der Waals surface area contributed by atoms with Crippen LogP contribution in [0, 0.1) is 5.95 Å². The van der Waals surface area contributed by atoms with Crippen molar-refractivity contribution in [1.29, 1.82) is 0 Å². The Morgan fingerprint density at radius 3 is 2.88 bits per heavy atom. The number of likely N-dealkylation sites (tertiary alicyclic amines) is 1. The predicted molar refractivity (Wildman–Crippen MR) is 90.6 cm³/mol. The summed E-state index contributed by atoms with van der Waals surface area (Å²) in [7, 11) is 0. The minimum absolute atomic E-state index is 0.0140. The monoisotopic (exact) mass is 339 g/mol. The molecular weight excluding hydrogens is 321 g/mol. The Balaban J connectivity index is 1.52. The summed E-state index contributed by atoms with van der Waals surface area (Å²) >= 11 is 0. The molecule has 1 N–H and O–H groups in total. The Kier molecular flexibility index (Phi) is 3.95. The van der Waals surface area contributed by atoms with Gasteiger partial charge in [-0.05, 0) is 29.7 Å². The molecule has 2 unspecified atom stereocenters. The Labute approximate surface area is 144 Å². The number of para-hydroxylation sites is 1. The molecule has 4 rings (SSSR count). The van der Waals surface area contributed by atoms with Gasteiger partial charge in [0.05, 0.1) is 5.92 Å². The van der Waals surface area contributed by atoms with Gasteiger partial charge in [0.15, 0.2) is 0 Å². The maximum Gasteiger partial charge on any atom is 0.230 e. The summed E-state index contributed by atoms with van der Waals surface area (Å²) in [6, 6.07) is 10.5. The lowest BCUT2D eigenvalue weighted by atomic mass is 9.89. The van der Waals surface area contributed by atoms with Gasteiger partial charge in [-0.15, -0.1) is 0 Å². The lowest BCUT2D eigenvalue weighted by Crippen LogP contribution is -2.37. The number of carbonyl (C=O) groups excluding carboxylic acids is 2. The molecule has 0 radical (unpaired) electrons. The first-order chi connectivity index (χ1) is 12.1. The van der Waals surface area contributed by atoms with E-state index in [1.807, 2.05) is 29.2 Å². The van der Waals surface area contributed by atoms with Crippen molar-refractivity contribution in [3.05, 3.63) is 59.7 Å². The van der Waals surface area contributed by atoms with Crippen LogP contribution >= 0.6 is 0 Å². The number of halogens is 1. The molecule has 2 amide bonds. The van der Waals surface area contributed by atoms with Crippen molar-refractivity contribution in [3.63, 3.8) is 0 Å². The van der Waals surface area contributed by atoms with Gasteiger partial charge in [0.1, 0.15) is 0 Å². The minimum Gasteiger partial charge on any atom is -0.342 e. The second kappa shape index (κ2) is 6.27. The van der Waals surface area contributed by atoms with Crippen LogP contribution in [0.15, 0.2) is 42.6 Å². The summed E-state index contributed by atoms with van der Waals surface area (Å²) in [6.45, 7) is 1.22. The number of amides is 2. The van der Waals surface area contributed by atoms with Crippen molar-refractivity contribution in [3.8, 4) is 0 Å². The molecule has 6 heteroatoms. The second-order valence-electron chi connectivity index (χ2n) is 6.58. The number of benzene rings is 1. The van der Waals surface area contributed by atoms with Gasteiger partial charge in [-0.25, -0.2) is 4.98 Å². The molecule has 1 saturated heterocycles. The third-order valence-corrected chi connectivity index (χ3v) is 5.02. The van der Waals surface area contributed by atoms with Crippen LogP contribution in [0.3, 0.4) is 0 Å². The molecule has 0 spiro atoms. The molecule has 2 aliphatic heterocycles. The van der Waals surface area contributed by atoms with Gasteiger partial charge in [-0.2, -0.15) is 4.39 Å². The molecule has 0 saturated carbocycles. The lowest BCUT2D eigenvalue weighted by molar-refractivity contribution is -0.134. The normalized spacial score (nSPS) is 22.4. The number of carbonyl (C=O) groups is 2. The van der Waals surface area contributed by atoms with Crippen molar-refractivity contribution in [2.45, 2.75) is 24.7 Å². The van der Waals surface area contributed by atoms with E-state index in [2.05, 4.69) is 10.3 Å². The molecular formula is C19H18FN3O2. The molecule has 1 aromatic heterocycles. The van der Waals surface area contributed by atoms with E-state index in [4.69, 9.17) is 0 Å². The molecule has 0 aliphatic carbocycles. The van der Waals surface area contributed by atoms with Crippen LogP contribution in [0.25, 0.3) is 0 Å². The van der Waals surface area contributed by atoms with Gasteiger partial charge < -0.3 is 10.2 Å². The maximum absolute atomic E-state index is 13.0. The molecule has 2 aromatic rings. The van der Waals surface area contributed by atoms with E-state index in [-0.39, 0.29) is 24.2 Å². The maximum atomic E-state index is 13.0. The number of nitrogens with one attached hydrogen (secondary N) is 1. The number of aromatic nitrogens is 1. The smallest absolute Gasteiger partial charge is 0.230 e. The Morgan fingerprint density at radius 2 is 2.08 bits per heavy atom. The summed E-state index contributed by atoms with van der Waals surface area (Å²) < 4.78 is 13.0. The first-order valence-corrected chi connectivity index (χ1v) is 8.41. The van der Waals surface area contributed by atoms with Gasteiger partial charge in [0, 0.05) is 37.3 Å². The number of hydrogen-bond donors (Lipinski definition) is 1. The predicted octanol–water partition coefficient (Wildman–Crippen LogP) is 2.66. The van der Waals surface area contributed by atoms with E-state index in [0.29, 0.717) is 13.1 Å². The van der Waals surface area contributed by atoms with Crippen molar-refractivity contribution in [1.82, 2.24) is 9.88 Å². The molecule has 128 valence electrons. The van der Waals surface area contributed by atoms with Gasteiger partial charge in [-0.3, -0.25) is 9.59 Å². The molecule has 2 atom stereocenters. The van der Waals surface area contributed by atoms with Crippen molar-refractivity contribution >= 4 is 17.5 Å². The summed E-state index contributed by atoms with van der Waals surface area (Å²) in [6.07, 6.45) is 2.53. The van der Waals surface area contributed by atoms with Gasteiger partial charge >= 0.3 is 0 Å². The fourth-order valence-corrected chi connectivity index (χ4v) is 3.71. The number of pyridine rings is 1. The van der Waals surface area contributed by atoms with Crippen LogP contribution in [0.5, 0.6) is 0 Å². The number of anilines is 1. The summed E-state index contributed by atoms with van der Waals surface area (Å²) in [5.74, 6) is -0.922. The highest BCUT2D eigenvalue weighted by molar-refractivity contribution is 6.01. The molecule has 1 fully saturated rings.